The van der Waals surface area contributed by atoms with E-state index in [2.05, 4.69) is 48.7 Å². The molecule has 3 aromatic carbocycles. The number of thioether (sulfide) groups is 1. The van der Waals surface area contributed by atoms with Gasteiger partial charge in [0, 0.05) is 11.4 Å². The van der Waals surface area contributed by atoms with Crippen LogP contribution in [0.5, 0.6) is 5.75 Å². The molecule has 42 heavy (non-hydrogen) atoms. The van der Waals surface area contributed by atoms with Crippen LogP contribution < -0.4 is 15.4 Å². The molecule has 0 fully saturated rings. The topological polar surface area (TPSA) is 83.0 Å². The molecule has 5 rings (SSSR count). The normalized spacial score (nSPS) is 16.9. The first-order valence-corrected chi connectivity index (χ1v) is 15.0. The molecule has 0 bridgehead atoms. The Morgan fingerprint density at radius 2 is 1.64 bits per heavy atom. The molecule has 2 amide bonds. The van der Waals surface area contributed by atoms with Crippen molar-refractivity contribution in [1.82, 2.24) is 10.2 Å². The Labute approximate surface area is 251 Å². The summed E-state index contributed by atoms with van der Waals surface area (Å²) in [7, 11) is 1.61. The highest BCUT2D eigenvalue weighted by Gasteiger charge is 2.40. The second kappa shape index (κ2) is 12.7. The van der Waals surface area contributed by atoms with E-state index in [-0.39, 0.29) is 24.3 Å². The molecule has 2 aliphatic heterocycles. The number of carbonyl (C=O) groups excluding carboxylic acids is 2. The number of ether oxygens (including phenoxy) is 1. The Hall–Kier alpha value is -4.30. The molecule has 8 heteroatoms. The molecular weight excluding hydrogens is 544 g/mol. The van der Waals surface area contributed by atoms with E-state index in [0.717, 1.165) is 22.0 Å². The minimum absolute atomic E-state index is 0.0936. The molecule has 3 aromatic rings. The minimum atomic E-state index is -0.447. The third-order valence-corrected chi connectivity index (χ3v) is 8.42. The van der Waals surface area contributed by atoms with Gasteiger partial charge in [0.25, 0.3) is 5.91 Å². The highest BCUT2D eigenvalue weighted by molar-refractivity contribution is 8.16. The summed E-state index contributed by atoms with van der Waals surface area (Å²) in [5.41, 5.74) is 5.86. The molecule has 0 aromatic heterocycles. The molecule has 2 heterocycles. The van der Waals surface area contributed by atoms with Crippen molar-refractivity contribution in [2.45, 2.75) is 52.1 Å². The zero-order chi connectivity index (χ0) is 29.8. The zero-order valence-corrected chi connectivity index (χ0v) is 25.4. The molecule has 0 radical (unpaired) electrons. The fourth-order valence-electron chi connectivity index (χ4n) is 5.19. The van der Waals surface area contributed by atoms with Gasteiger partial charge in [0.15, 0.2) is 5.17 Å². The lowest BCUT2D eigenvalue weighted by molar-refractivity contribution is -0.121. The molecule has 2 unspecified atom stereocenters. The van der Waals surface area contributed by atoms with E-state index >= 15 is 0 Å². The molecule has 0 spiro atoms. The summed E-state index contributed by atoms with van der Waals surface area (Å²) >= 11 is 1.48. The molecule has 0 saturated heterocycles. The summed E-state index contributed by atoms with van der Waals surface area (Å²) in [5, 5.41) is 8.90. The SMILES string of the molecule is COc1ccc(NC(=O)C2=C(C)N=C3SC=C(CC(=O)NC(C)c4ccccc4)N3C2c2ccc(C(C)C)cc2)cc1. The van der Waals surface area contributed by atoms with Crippen LogP contribution in [0.4, 0.5) is 5.69 Å². The number of rotatable bonds is 9. The largest absolute Gasteiger partial charge is 0.497 e. The number of amides is 2. The van der Waals surface area contributed by atoms with Crippen molar-refractivity contribution in [3.8, 4) is 5.75 Å². The number of fused-ring (bicyclic) bond motifs is 1. The highest BCUT2D eigenvalue weighted by atomic mass is 32.2. The lowest BCUT2D eigenvalue weighted by Gasteiger charge is -2.37. The predicted octanol–water partition coefficient (Wildman–Crippen LogP) is 7.30. The summed E-state index contributed by atoms with van der Waals surface area (Å²) < 4.78 is 5.26. The Kier molecular flexibility index (Phi) is 8.83. The van der Waals surface area contributed by atoms with Crippen molar-refractivity contribution in [2.75, 3.05) is 12.4 Å². The van der Waals surface area contributed by atoms with Crippen LogP contribution in [0.25, 0.3) is 0 Å². The van der Waals surface area contributed by atoms with Gasteiger partial charge in [-0.2, -0.15) is 0 Å². The average molecular weight is 581 g/mol. The molecular formula is C34H36N4O3S. The fourth-order valence-corrected chi connectivity index (χ4v) is 6.16. The number of methoxy groups -OCH3 is 1. The van der Waals surface area contributed by atoms with Crippen LogP contribution in [0.1, 0.15) is 68.8 Å². The number of hydrogen-bond acceptors (Lipinski definition) is 6. The summed E-state index contributed by atoms with van der Waals surface area (Å²) in [4.78, 5) is 34.0. The molecule has 0 aliphatic carbocycles. The average Bonchev–Trinajstić information content (AvgIpc) is 3.38. The Bertz CT molecular complexity index is 1540. The number of anilines is 1. The number of benzene rings is 3. The van der Waals surface area contributed by atoms with Crippen LogP contribution in [-0.2, 0) is 9.59 Å². The molecule has 2 atom stereocenters. The second-order valence-electron chi connectivity index (χ2n) is 10.8. The Morgan fingerprint density at radius 3 is 2.29 bits per heavy atom. The molecule has 2 N–H and O–H groups in total. The Balaban J connectivity index is 1.45. The number of nitrogens with zero attached hydrogens (tertiary/aromatic N) is 2. The smallest absolute Gasteiger partial charge is 0.255 e. The zero-order valence-electron chi connectivity index (χ0n) is 24.5. The van der Waals surface area contributed by atoms with Gasteiger partial charge in [-0.25, -0.2) is 4.99 Å². The Morgan fingerprint density at radius 1 is 0.952 bits per heavy atom. The van der Waals surface area contributed by atoms with Gasteiger partial charge in [-0.3, -0.25) is 9.59 Å². The van der Waals surface area contributed by atoms with Gasteiger partial charge in [-0.05, 0) is 66.1 Å². The standard InChI is InChI=1S/C34H36N4O3S/c1-21(2)24-11-13-26(14-12-24)32-31(33(40)37-27-15-17-29(41-5)18-16-27)23(4)36-34-38(32)28(20-42-34)19-30(39)35-22(3)25-9-7-6-8-10-25/h6-18,20-22,32H,19H2,1-5H3,(H,35,39)(H,37,40). The van der Waals surface area contributed by atoms with Gasteiger partial charge < -0.3 is 20.3 Å². The monoisotopic (exact) mass is 580 g/mol. The van der Waals surface area contributed by atoms with Gasteiger partial charge in [0.1, 0.15) is 5.75 Å². The quantitative estimate of drug-likeness (QED) is 0.278. The van der Waals surface area contributed by atoms with Gasteiger partial charge in [0.2, 0.25) is 5.91 Å². The van der Waals surface area contributed by atoms with Gasteiger partial charge >= 0.3 is 0 Å². The lowest BCUT2D eigenvalue weighted by atomic mass is 9.91. The van der Waals surface area contributed by atoms with E-state index in [9.17, 15) is 9.59 Å². The highest BCUT2D eigenvalue weighted by Crippen LogP contribution is 2.45. The summed E-state index contributed by atoms with van der Waals surface area (Å²) in [6.07, 6.45) is 0.163. The van der Waals surface area contributed by atoms with Crippen LogP contribution in [0, 0.1) is 0 Å². The van der Waals surface area contributed by atoms with Gasteiger partial charge in [-0.1, -0.05) is 80.2 Å². The van der Waals surface area contributed by atoms with Crippen molar-refractivity contribution in [1.29, 1.82) is 0 Å². The lowest BCUT2D eigenvalue weighted by Crippen LogP contribution is -2.39. The van der Waals surface area contributed by atoms with E-state index < -0.39 is 6.04 Å². The number of aliphatic imine (C=N–C) groups is 1. The fraction of sp³-hybridized carbons (Fsp3) is 0.265. The first kappa shape index (κ1) is 29.2. The number of hydrogen-bond donors (Lipinski definition) is 2. The predicted molar refractivity (Wildman–Crippen MR) is 170 cm³/mol. The van der Waals surface area contributed by atoms with E-state index in [0.29, 0.717) is 28.6 Å². The van der Waals surface area contributed by atoms with E-state index in [1.807, 2.05) is 78.8 Å². The number of amidine groups is 1. The van der Waals surface area contributed by atoms with E-state index in [1.54, 1.807) is 7.11 Å². The van der Waals surface area contributed by atoms with E-state index in [1.165, 1.54) is 17.3 Å². The maximum absolute atomic E-state index is 13.9. The van der Waals surface area contributed by atoms with Crippen molar-refractivity contribution in [3.63, 3.8) is 0 Å². The number of allylic oxidation sites excluding steroid dienone is 1. The van der Waals surface area contributed by atoms with E-state index in [4.69, 9.17) is 9.73 Å². The maximum atomic E-state index is 13.9. The molecule has 2 aliphatic rings. The summed E-state index contributed by atoms with van der Waals surface area (Å²) in [5.74, 6) is 0.758. The van der Waals surface area contributed by atoms with Crippen LogP contribution in [0.3, 0.4) is 0 Å². The molecule has 216 valence electrons. The van der Waals surface area contributed by atoms with Crippen molar-refractivity contribution in [2.24, 2.45) is 4.99 Å². The van der Waals surface area contributed by atoms with Crippen LogP contribution in [0.15, 0.2) is 106 Å². The molecule has 7 nitrogen and oxygen atoms in total. The third-order valence-electron chi connectivity index (χ3n) is 7.53. The summed E-state index contributed by atoms with van der Waals surface area (Å²) in [6, 6.07) is 24.9. The summed E-state index contributed by atoms with van der Waals surface area (Å²) in [6.45, 7) is 8.16. The first-order valence-electron chi connectivity index (χ1n) is 14.1. The second-order valence-corrected chi connectivity index (χ2v) is 11.6. The number of carbonyl (C=O) groups is 2. The third kappa shape index (κ3) is 6.29. The van der Waals surface area contributed by atoms with Crippen LogP contribution in [-0.4, -0.2) is 29.0 Å². The van der Waals surface area contributed by atoms with Gasteiger partial charge in [-0.15, -0.1) is 0 Å². The van der Waals surface area contributed by atoms with Crippen molar-refractivity contribution >= 4 is 34.4 Å². The van der Waals surface area contributed by atoms with Crippen molar-refractivity contribution in [3.05, 3.63) is 118 Å². The number of nitrogens with one attached hydrogen (secondary N) is 2. The van der Waals surface area contributed by atoms with Crippen LogP contribution >= 0.6 is 11.8 Å². The molecule has 0 saturated carbocycles. The van der Waals surface area contributed by atoms with Gasteiger partial charge in [0.05, 0.1) is 36.9 Å². The minimum Gasteiger partial charge on any atom is -0.497 e. The van der Waals surface area contributed by atoms with Crippen LogP contribution in [0.2, 0.25) is 0 Å². The first-order chi connectivity index (χ1) is 20.2. The maximum Gasteiger partial charge on any atom is 0.255 e. The van der Waals surface area contributed by atoms with Crippen molar-refractivity contribution < 1.29 is 14.3 Å².